The molecule has 6 nitrogen and oxygen atoms in total. The zero-order valence-corrected chi connectivity index (χ0v) is 11.8. The van der Waals surface area contributed by atoms with Gasteiger partial charge in [-0.25, -0.2) is 0 Å². The van der Waals surface area contributed by atoms with E-state index in [1.807, 2.05) is 30.3 Å². The highest BCUT2D eigenvalue weighted by Gasteiger charge is 2.41. The van der Waals surface area contributed by atoms with Crippen LogP contribution in [0.3, 0.4) is 0 Å². The molecule has 0 radical (unpaired) electrons. The van der Waals surface area contributed by atoms with Crippen LogP contribution in [0.15, 0.2) is 30.3 Å². The van der Waals surface area contributed by atoms with E-state index in [1.54, 1.807) is 4.90 Å². The summed E-state index contributed by atoms with van der Waals surface area (Å²) in [5, 5.41) is 8.75. The van der Waals surface area contributed by atoms with Gasteiger partial charge in [-0.3, -0.25) is 9.59 Å². The van der Waals surface area contributed by atoms with Crippen LogP contribution in [0.5, 0.6) is 0 Å². The molecule has 1 atom stereocenters. The molecule has 1 fully saturated rings. The molecule has 1 heterocycles. The van der Waals surface area contributed by atoms with Gasteiger partial charge >= 0.3 is 5.97 Å². The summed E-state index contributed by atoms with van der Waals surface area (Å²) in [5.41, 5.74) is 5.85. The summed E-state index contributed by atoms with van der Waals surface area (Å²) >= 11 is 0. The molecule has 1 aromatic rings. The maximum absolute atomic E-state index is 12.7. The Morgan fingerprint density at radius 3 is 2.62 bits per heavy atom. The zero-order chi connectivity index (χ0) is 15.3. The van der Waals surface area contributed by atoms with Crippen LogP contribution < -0.4 is 10.6 Å². The molecule has 0 bridgehead atoms. The molecule has 0 aliphatic carbocycles. The van der Waals surface area contributed by atoms with Gasteiger partial charge in [0.25, 0.3) is 0 Å². The van der Waals surface area contributed by atoms with Gasteiger partial charge in [0.1, 0.15) is 5.54 Å². The number of carboxylic acids is 1. The Labute approximate surface area is 123 Å². The van der Waals surface area contributed by atoms with Crippen molar-refractivity contribution in [1.82, 2.24) is 0 Å². The molecule has 0 saturated carbocycles. The van der Waals surface area contributed by atoms with Crippen LogP contribution in [0.1, 0.15) is 19.3 Å². The normalized spacial score (nSPS) is 21.2. The Morgan fingerprint density at radius 1 is 1.33 bits per heavy atom. The number of para-hydroxylation sites is 1. The summed E-state index contributed by atoms with van der Waals surface area (Å²) in [5.74, 6) is -1.08. The summed E-state index contributed by atoms with van der Waals surface area (Å²) in [6, 6.07) is 9.16. The molecule has 1 aliphatic rings. The van der Waals surface area contributed by atoms with Crippen molar-refractivity contribution in [2.24, 2.45) is 5.73 Å². The third-order valence-corrected chi connectivity index (χ3v) is 3.56. The Kier molecular flexibility index (Phi) is 4.93. The first-order chi connectivity index (χ1) is 10.0. The minimum absolute atomic E-state index is 0.0185. The summed E-state index contributed by atoms with van der Waals surface area (Å²) in [4.78, 5) is 24.9. The molecule has 1 aromatic carbocycles. The van der Waals surface area contributed by atoms with Crippen LogP contribution in [-0.2, 0) is 14.3 Å². The summed E-state index contributed by atoms with van der Waals surface area (Å²) in [6.45, 7) is 1.00. The number of hydrogen-bond donors (Lipinski definition) is 2. The zero-order valence-electron chi connectivity index (χ0n) is 11.8. The maximum atomic E-state index is 12.7. The number of ether oxygens (including phenoxy) is 1. The average Bonchev–Trinajstić information content (AvgIpc) is 2.92. The number of carbonyl (C=O) groups is 2. The van der Waals surface area contributed by atoms with E-state index < -0.39 is 11.5 Å². The first-order valence-electron chi connectivity index (χ1n) is 6.98. The molecule has 1 unspecified atom stereocenters. The average molecular weight is 292 g/mol. The lowest BCUT2D eigenvalue weighted by Crippen LogP contribution is -2.56. The van der Waals surface area contributed by atoms with Crippen molar-refractivity contribution in [3.8, 4) is 0 Å². The lowest BCUT2D eigenvalue weighted by atomic mass is 9.97. The minimum Gasteiger partial charge on any atom is -0.481 e. The fraction of sp³-hybridized carbons (Fsp3) is 0.467. The number of benzene rings is 1. The van der Waals surface area contributed by atoms with E-state index in [9.17, 15) is 9.59 Å². The Hall–Kier alpha value is -1.92. The molecular weight excluding hydrogens is 272 g/mol. The SMILES string of the molecule is NC1(C(=O)N(CCCC(=O)O)c2ccccc2)CCOC1. The molecule has 3 N–H and O–H groups in total. The van der Waals surface area contributed by atoms with Crippen LogP contribution in [0.25, 0.3) is 0 Å². The predicted octanol–water partition coefficient (Wildman–Crippen LogP) is 1.00. The fourth-order valence-electron chi connectivity index (χ4n) is 2.36. The van der Waals surface area contributed by atoms with E-state index >= 15 is 0 Å². The van der Waals surface area contributed by atoms with Crippen molar-refractivity contribution in [2.75, 3.05) is 24.7 Å². The molecule has 6 heteroatoms. The number of hydrogen-bond acceptors (Lipinski definition) is 4. The third kappa shape index (κ3) is 3.80. The first kappa shape index (κ1) is 15.5. The molecule has 1 aliphatic heterocycles. The molecule has 0 spiro atoms. The van der Waals surface area contributed by atoms with Gasteiger partial charge in [-0.1, -0.05) is 18.2 Å². The monoisotopic (exact) mass is 292 g/mol. The van der Waals surface area contributed by atoms with Crippen LogP contribution in [-0.4, -0.2) is 42.3 Å². The second-order valence-corrected chi connectivity index (χ2v) is 5.25. The van der Waals surface area contributed by atoms with Crippen molar-refractivity contribution in [1.29, 1.82) is 0 Å². The first-order valence-corrected chi connectivity index (χ1v) is 6.98. The number of nitrogens with two attached hydrogens (primary N) is 1. The number of rotatable bonds is 6. The summed E-state index contributed by atoms with van der Waals surface area (Å²) in [7, 11) is 0. The van der Waals surface area contributed by atoms with Crippen LogP contribution >= 0.6 is 0 Å². The van der Waals surface area contributed by atoms with Crippen molar-refractivity contribution >= 4 is 17.6 Å². The van der Waals surface area contributed by atoms with Crippen molar-refractivity contribution in [3.63, 3.8) is 0 Å². The second-order valence-electron chi connectivity index (χ2n) is 5.25. The van der Waals surface area contributed by atoms with Gasteiger partial charge in [-0.2, -0.15) is 0 Å². The van der Waals surface area contributed by atoms with Gasteiger partial charge in [0.2, 0.25) is 5.91 Å². The highest BCUT2D eigenvalue weighted by atomic mass is 16.5. The van der Waals surface area contributed by atoms with E-state index in [0.717, 1.165) is 5.69 Å². The number of carboxylic acid groups (broad SMARTS) is 1. The van der Waals surface area contributed by atoms with Crippen molar-refractivity contribution < 1.29 is 19.4 Å². The highest BCUT2D eigenvalue weighted by molar-refractivity contribution is 6.00. The number of aliphatic carboxylic acids is 1. The van der Waals surface area contributed by atoms with Crippen LogP contribution in [0.4, 0.5) is 5.69 Å². The van der Waals surface area contributed by atoms with E-state index in [1.165, 1.54) is 0 Å². The Balaban J connectivity index is 2.15. The van der Waals surface area contributed by atoms with Crippen LogP contribution in [0.2, 0.25) is 0 Å². The van der Waals surface area contributed by atoms with E-state index in [0.29, 0.717) is 26.0 Å². The quantitative estimate of drug-likeness (QED) is 0.816. The lowest BCUT2D eigenvalue weighted by molar-refractivity contribution is -0.137. The van der Waals surface area contributed by atoms with E-state index in [2.05, 4.69) is 0 Å². The Morgan fingerprint density at radius 2 is 2.05 bits per heavy atom. The number of carbonyl (C=O) groups excluding carboxylic acids is 1. The van der Waals surface area contributed by atoms with Gasteiger partial charge < -0.3 is 20.5 Å². The smallest absolute Gasteiger partial charge is 0.303 e. The predicted molar refractivity (Wildman–Crippen MR) is 78.0 cm³/mol. The molecule has 1 amide bonds. The molecule has 114 valence electrons. The summed E-state index contributed by atoms with van der Waals surface area (Å²) < 4.78 is 5.24. The number of anilines is 1. The maximum Gasteiger partial charge on any atom is 0.303 e. The van der Waals surface area contributed by atoms with Gasteiger partial charge in [-0.15, -0.1) is 0 Å². The second kappa shape index (κ2) is 6.69. The van der Waals surface area contributed by atoms with Crippen molar-refractivity contribution in [3.05, 3.63) is 30.3 Å². The minimum atomic E-state index is -1.01. The topological polar surface area (TPSA) is 92.9 Å². The van der Waals surface area contributed by atoms with Crippen molar-refractivity contribution in [2.45, 2.75) is 24.8 Å². The largest absolute Gasteiger partial charge is 0.481 e. The number of amides is 1. The van der Waals surface area contributed by atoms with Gasteiger partial charge in [0.05, 0.1) is 6.61 Å². The molecule has 2 rings (SSSR count). The van der Waals surface area contributed by atoms with E-state index in [4.69, 9.17) is 15.6 Å². The molecule has 1 saturated heterocycles. The van der Waals surface area contributed by atoms with E-state index in [-0.39, 0.29) is 18.9 Å². The van der Waals surface area contributed by atoms with Gasteiger partial charge in [0.15, 0.2) is 0 Å². The van der Waals surface area contributed by atoms with Gasteiger partial charge in [0, 0.05) is 25.3 Å². The van der Waals surface area contributed by atoms with Gasteiger partial charge in [-0.05, 0) is 25.0 Å². The molecule has 0 aromatic heterocycles. The standard InChI is InChI=1S/C15H20N2O4/c16-15(8-10-21-11-15)14(20)17(9-4-7-13(18)19)12-5-2-1-3-6-12/h1-3,5-6H,4,7-11,16H2,(H,18,19). The highest BCUT2D eigenvalue weighted by Crippen LogP contribution is 2.23. The number of nitrogens with zero attached hydrogens (tertiary/aromatic N) is 1. The molecule has 21 heavy (non-hydrogen) atoms. The molecular formula is C15H20N2O4. The summed E-state index contributed by atoms with van der Waals surface area (Å²) in [6.07, 6.45) is 0.881. The third-order valence-electron chi connectivity index (χ3n) is 3.56. The fourth-order valence-corrected chi connectivity index (χ4v) is 2.36. The van der Waals surface area contributed by atoms with Crippen LogP contribution in [0, 0.1) is 0 Å². The lowest BCUT2D eigenvalue weighted by Gasteiger charge is -2.30. The Bertz CT molecular complexity index is 498.